The highest BCUT2D eigenvalue weighted by Crippen LogP contribution is 2.25. The van der Waals surface area contributed by atoms with Crippen LogP contribution in [0.5, 0.6) is 5.75 Å². The molecule has 0 aliphatic carbocycles. The number of carboxylic acid groups (broad SMARTS) is 1. The zero-order chi connectivity index (χ0) is 16.0. The molecule has 0 heterocycles. The number of nitrogens with zero attached hydrogens (tertiary/aromatic N) is 1. The summed E-state index contributed by atoms with van der Waals surface area (Å²) in [7, 11) is 1.63. The molecular formula is C15H20ClNO4. The summed E-state index contributed by atoms with van der Waals surface area (Å²) in [5, 5.41) is 9.07. The number of amides is 1. The fourth-order valence-corrected chi connectivity index (χ4v) is 1.97. The Morgan fingerprint density at radius 1 is 1.38 bits per heavy atom. The molecule has 1 aromatic rings. The van der Waals surface area contributed by atoms with Gasteiger partial charge in [0.15, 0.2) is 0 Å². The van der Waals surface area contributed by atoms with E-state index in [0.29, 0.717) is 29.3 Å². The van der Waals surface area contributed by atoms with Gasteiger partial charge in [-0.3, -0.25) is 9.59 Å². The van der Waals surface area contributed by atoms with Gasteiger partial charge >= 0.3 is 5.97 Å². The Labute approximate surface area is 129 Å². The first-order chi connectivity index (χ1) is 9.81. The molecule has 6 heteroatoms. The van der Waals surface area contributed by atoms with Gasteiger partial charge in [0.25, 0.3) is 5.91 Å². The van der Waals surface area contributed by atoms with Crippen LogP contribution >= 0.6 is 11.6 Å². The third-order valence-corrected chi connectivity index (χ3v) is 3.00. The lowest BCUT2D eigenvalue weighted by atomic mass is 10.1. The standard InChI is InChI=1S/C15H20ClNO4/c1-10(2)21-13-7-6-11(16)9-12(13)15(20)17(3)8-4-5-14(18)19/h6-7,9-10H,4-5,8H2,1-3H3,(H,18,19). The Morgan fingerprint density at radius 2 is 2.05 bits per heavy atom. The number of rotatable bonds is 7. The second-order valence-corrected chi connectivity index (χ2v) is 5.47. The molecule has 1 rings (SSSR count). The van der Waals surface area contributed by atoms with E-state index in [1.807, 2.05) is 13.8 Å². The molecule has 0 aliphatic rings. The highest BCUT2D eigenvalue weighted by molar-refractivity contribution is 6.31. The lowest BCUT2D eigenvalue weighted by Crippen LogP contribution is -2.28. The van der Waals surface area contributed by atoms with Gasteiger partial charge in [-0.05, 0) is 38.5 Å². The molecule has 0 saturated carbocycles. The molecule has 0 aliphatic heterocycles. The first kappa shape index (κ1) is 17.3. The summed E-state index contributed by atoms with van der Waals surface area (Å²) < 4.78 is 5.61. The van der Waals surface area contributed by atoms with Crippen molar-refractivity contribution in [3.8, 4) is 5.75 Å². The molecule has 0 fully saturated rings. The first-order valence-corrected chi connectivity index (χ1v) is 7.12. The first-order valence-electron chi connectivity index (χ1n) is 6.74. The van der Waals surface area contributed by atoms with Gasteiger partial charge in [0, 0.05) is 25.0 Å². The number of ether oxygens (including phenoxy) is 1. The maximum absolute atomic E-state index is 12.4. The van der Waals surface area contributed by atoms with Gasteiger partial charge in [-0.2, -0.15) is 0 Å². The molecule has 0 atom stereocenters. The zero-order valence-corrected chi connectivity index (χ0v) is 13.2. The fraction of sp³-hybridized carbons (Fsp3) is 0.467. The summed E-state index contributed by atoms with van der Waals surface area (Å²) >= 11 is 5.94. The predicted molar refractivity (Wildman–Crippen MR) is 81.0 cm³/mol. The number of carboxylic acids is 1. The number of hydrogen-bond donors (Lipinski definition) is 1. The maximum Gasteiger partial charge on any atom is 0.303 e. The van der Waals surface area contributed by atoms with Gasteiger partial charge in [0.2, 0.25) is 0 Å². The predicted octanol–water partition coefficient (Wildman–Crippen LogP) is 3.06. The smallest absolute Gasteiger partial charge is 0.303 e. The van der Waals surface area contributed by atoms with Gasteiger partial charge in [-0.1, -0.05) is 11.6 Å². The molecule has 1 N–H and O–H groups in total. The second kappa shape index (κ2) is 7.88. The maximum atomic E-state index is 12.4. The normalized spacial score (nSPS) is 10.5. The van der Waals surface area contributed by atoms with Crippen LogP contribution < -0.4 is 4.74 Å². The minimum Gasteiger partial charge on any atom is -0.490 e. The molecule has 0 saturated heterocycles. The molecule has 0 radical (unpaired) electrons. The Bertz CT molecular complexity index is 516. The van der Waals surface area contributed by atoms with Crippen molar-refractivity contribution in [2.45, 2.75) is 32.8 Å². The number of aliphatic carboxylic acids is 1. The Kier molecular flexibility index (Phi) is 6.49. The summed E-state index contributed by atoms with van der Waals surface area (Å²) in [5.74, 6) is -0.634. The summed E-state index contributed by atoms with van der Waals surface area (Å²) in [6.45, 7) is 4.11. The van der Waals surface area contributed by atoms with E-state index in [1.54, 1.807) is 25.2 Å². The van der Waals surface area contributed by atoms with Gasteiger partial charge in [0.1, 0.15) is 5.75 Å². The number of halogens is 1. The van der Waals surface area contributed by atoms with Crippen LogP contribution in [-0.2, 0) is 4.79 Å². The summed E-state index contributed by atoms with van der Waals surface area (Å²) in [6, 6.07) is 4.90. The molecule has 0 spiro atoms. The van der Waals surface area contributed by atoms with Crippen molar-refractivity contribution in [3.05, 3.63) is 28.8 Å². The highest BCUT2D eigenvalue weighted by atomic mass is 35.5. The number of benzene rings is 1. The second-order valence-electron chi connectivity index (χ2n) is 5.03. The topological polar surface area (TPSA) is 66.8 Å². The van der Waals surface area contributed by atoms with Crippen LogP contribution in [0.2, 0.25) is 5.02 Å². The van der Waals surface area contributed by atoms with Crippen LogP contribution in [0.15, 0.2) is 18.2 Å². The molecule has 1 amide bonds. The van der Waals surface area contributed by atoms with E-state index in [1.165, 1.54) is 4.90 Å². The molecule has 116 valence electrons. The number of carbonyl (C=O) groups is 2. The van der Waals surface area contributed by atoms with Crippen LogP contribution in [-0.4, -0.2) is 41.6 Å². The van der Waals surface area contributed by atoms with Crippen molar-refractivity contribution in [1.29, 1.82) is 0 Å². The van der Waals surface area contributed by atoms with Crippen LogP contribution in [0, 0.1) is 0 Å². The quantitative estimate of drug-likeness (QED) is 0.840. The molecule has 0 unspecified atom stereocenters. The van der Waals surface area contributed by atoms with Crippen molar-refractivity contribution in [3.63, 3.8) is 0 Å². The van der Waals surface area contributed by atoms with E-state index in [-0.39, 0.29) is 18.4 Å². The molecule has 21 heavy (non-hydrogen) atoms. The van der Waals surface area contributed by atoms with Crippen LogP contribution in [0.25, 0.3) is 0 Å². The van der Waals surface area contributed by atoms with Gasteiger partial charge in [-0.15, -0.1) is 0 Å². The molecular weight excluding hydrogens is 294 g/mol. The largest absolute Gasteiger partial charge is 0.490 e. The van der Waals surface area contributed by atoms with E-state index in [4.69, 9.17) is 21.4 Å². The average Bonchev–Trinajstić information content (AvgIpc) is 2.39. The summed E-state index contributed by atoms with van der Waals surface area (Å²) in [6.07, 6.45) is 0.371. The fourth-order valence-electron chi connectivity index (χ4n) is 1.80. The van der Waals surface area contributed by atoms with Gasteiger partial charge in [-0.25, -0.2) is 0 Å². The van der Waals surface area contributed by atoms with E-state index in [9.17, 15) is 9.59 Å². The Morgan fingerprint density at radius 3 is 2.62 bits per heavy atom. The van der Waals surface area contributed by atoms with E-state index >= 15 is 0 Å². The minimum absolute atomic E-state index is 0.0303. The third kappa shape index (κ3) is 5.63. The van der Waals surface area contributed by atoms with Crippen molar-refractivity contribution in [1.82, 2.24) is 4.90 Å². The van der Waals surface area contributed by atoms with Gasteiger partial charge < -0.3 is 14.7 Å². The van der Waals surface area contributed by atoms with Crippen molar-refractivity contribution in [2.75, 3.05) is 13.6 Å². The highest BCUT2D eigenvalue weighted by Gasteiger charge is 2.18. The van der Waals surface area contributed by atoms with Crippen LogP contribution in [0.1, 0.15) is 37.0 Å². The van der Waals surface area contributed by atoms with Crippen molar-refractivity contribution in [2.24, 2.45) is 0 Å². The van der Waals surface area contributed by atoms with E-state index in [2.05, 4.69) is 0 Å². The van der Waals surface area contributed by atoms with Crippen molar-refractivity contribution >= 4 is 23.5 Å². The molecule has 0 aromatic heterocycles. The third-order valence-electron chi connectivity index (χ3n) is 2.77. The molecule has 0 bridgehead atoms. The number of carbonyl (C=O) groups excluding carboxylic acids is 1. The summed E-state index contributed by atoms with van der Waals surface area (Å²) in [4.78, 5) is 24.4. The number of hydrogen-bond acceptors (Lipinski definition) is 3. The SMILES string of the molecule is CC(C)Oc1ccc(Cl)cc1C(=O)N(C)CCCC(=O)O. The lowest BCUT2D eigenvalue weighted by Gasteiger charge is -2.20. The van der Waals surface area contributed by atoms with Gasteiger partial charge in [0.05, 0.1) is 11.7 Å². The summed E-state index contributed by atoms with van der Waals surface area (Å²) in [5.41, 5.74) is 0.383. The average molecular weight is 314 g/mol. The molecule has 5 nitrogen and oxygen atoms in total. The van der Waals surface area contributed by atoms with E-state index < -0.39 is 5.97 Å². The Hall–Kier alpha value is -1.75. The lowest BCUT2D eigenvalue weighted by molar-refractivity contribution is -0.137. The Balaban J connectivity index is 2.84. The minimum atomic E-state index is -0.873. The van der Waals surface area contributed by atoms with Crippen LogP contribution in [0.4, 0.5) is 0 Å². The van der Waals surface area contributed by atoms with E-state index in [0.717, 1.165) is 0 Å². The monoisotopic (exact) mass is 313 g/mol. The van der Waals surface area contributed by atoms with Crippen molar-refractivity contribution < 1.29 is 19.4 Å². The zero-order valence-electron chi connectivity index (χ0n) is 12.4. The molecule has 1 aromatic carbocycles. The van der Waals surface area contributed by atoms with Crippen LogP contribution in [0.3, 0.4) is 0 Å².